The molecule has 2 saturated heterocycles. The van der Waals surface area contributed by atoms with Gasteiger partial charge in [0, 0.05) is 17.8 Å². The van der Waals surface area contributed by atoms with E-state index < -0.39 is 142 Å². The van der Waals surface area contributed by atoms with Crippen LogP contribution in [0, 0.1) is 11.8 Å². The highest BCUT2D eigenvalue weighted by atomic mass is 35.5. The quantitative estimate of drug-likeness (QED) is 0.0164. The maximum Gasteiger partial charge on any atom is 0.342 e. The monoisotopic (exact) mass is 1100 g/mol. The van der Waals surface area contributed by atoms with E-state index in [-0.39, 0.29) is 29.0 Å². The second-order valence-electron chi connectivity index (χ2n) is 20.0. The average molecular weight is 1110 g/mol. The SMILES string of the molecule is CCc1c(Cl)c(O)c(Cl)c(O)c1C(=O)O[C@H]1[C@H](O)[C@H](OC)[C@H](OC/C(=C\C=C\C[C@H](O)/C(C)=C/[C@H](CC)[C@@H](O[C@@H]2OC(C)(C)[C@@H](OC(=O)C(C)C)[C@H](O)[C@@H]2O)/C(C)=C/C(C)=C/C[C@](C)(S)C(C)O)C(=O)O)O[C@@H]1C. The van der Waals surface area contributed by atoms with E-state index in [0.717, 1.165) is 5.57 Å². The predicted molar refractivity (Wildman–Crippen MR) is 280 cm³/mol. The number of methoxy groups -OCH3 is 1. The summed E-state index contributed by atoms with van der Waals surface area (Å²) in [6.07, 6.45) is -3.88. The number of aromatic hydroxyl groups is 2. The van der Waals surface area contributed by atoms with Gasteiger partial charge in [-0.15, -0.1) is 0 Å². The number of esters is 2. The molecule has 418 valence electrons. The first-order valence-corrected chi connectivity index (χ1v) is 25.8. The summed E-state index contributed by atoms with van der Waals surface area (Å²) in [5.41, 5.74) is 0.227. The number of aliphatic hydroxyl groups excluding tert-OH is 5. The number of benzene rings is 1. The number of aliphatic carboxylic acids is 1. The number of carbonyl (C=O) groups excluding carboxylic acids is 2. The number of carbonyl (C=O) groups is 3. The number of carboxylic acid groups (broad SMARTS) is 1. The molecule has 2 heterocycles. The molecule has 1 aromatic carbocycles. The predicted octanol–water partition coefficient (Wildman–Crippen LogP) is 7.08. The second-order valence-corrected chi connectivity index (χ2v) is 21.8. The fraction of sp³-hybridized carbons (Fsp3) is 0.642. The third-order valence-corrected chi connectivity index (χ3v) is 14.6. The molecular formula is C53H78Cl2O18S. The number of phenolic OH excluding ortho intramolecular Hbond substituents is 2. The Balaban J connectivity index is 1.82. The number of ether oxygens (including phenoxy) is 7. The highest BCUT2D eigenvalue weighted by molar-refractivity contribution is 7.81. The molecule has 1 aromatic rings. The lowest BCUT2D eigenvalue weighted by Crippen LogP contribution is -2.64. The van der Waals surface area contributed by atoms with Gasteiger partial charge in [-0.3, -0.25) is 4.79 Å². The van der Waals surface area contributed by atoms with Crippen LogP contribution in [0.4, 0.5) is 0 Å². The molecule has 14 atom stereocenters. The summed E-state index contributed by atoms with van der Waals surface area (Å²) in [5.74, 6) is -5.34. The van der Waals surface area contributed by atoms with E-state index in [1.165, 1.54) is 26.2 Å². The molecule has 0 saturated carbocycles. The van der Waals surface area contributed by atoms with Crippen LogP contribution in [-0.4, -0.2) is 156 Å². The van der Waals surface area contributed by atoms with Crippen LogP contribution < -0.4 is 0 Å². The standard InChI is InChI=1S/C53H78Cl2O18S/c1-14-31(43(28(7)22-26(5)20-21-53(12,74)30(9)56)71-50-41(61)40(60)46(52(10,11)73-50)72-48(65)25(3)4)23-27(6)34(57)19-17-16-18-32(47(63)64)24-68-51-45(67-13)42(62)44(29(8)69-51)70-49(66)35-33(15-2)36(54)39(59)37(55)38(35)58/h16-18,20,22-23,25,29-31,34,40-46,50-51,56-62,74H,14-15,19,21,24H2,1-13H3,(H,63,64)/b17-16+,26-20+,27-23+,28-22+,32-18+/t29-,30?,31+,34+,40-,41+,42+,43+,44-,45+,46+,50-,51-,53+/m1/s1. The Labute approximate surface area is 450 Å². The minimum atomic E-state index is -1.62. The molecule has 0 radical (unpaired) electrons. The molecule has 1 unspecified atom stereocenters. The van der Waals surface area contributed by atoms with Gasteiger partial charge in [-0.25, -0.2) is 9.59 Å². The lowest BCUT2D eigenvalue weighted by atomic mass is 9.88. The first-order chi connectivity index (χ1) is 34.4. The van der Waals surface area contributed by atoms with Gasteiger partial charge in [0.15, 0.2) is 36.3 Å². The van der Waals surface area contributed by atoms with Gasteiger partial charge < -0.3 is 74.0 Å². The third-order valence-electron chi connectivity index (χ3n) is 13.3. The number of carboxylic acids is 1. The molecule has 2 aliphatic heterocycles. The Morgan fingerprint density at radius 2 is 1.55 bits per heavy atom. The average Bonchev–Trinajstić information content (AvgIpc) is 3.32. The van der Waals surface area contributed by atoms with Crippen LogP contribution in [0.1, 0.15) is 118 Å². The zero-order chi connectivity index (χ0) is 56.3. The Kier molecular flexibility index (Phi) is 24.7. The Bertz CT molecular complexity index is 2250. The fourth-order valence-electron chi connectivity index (χ4n) is 8.29. The molecule has 0 aliphatic carbocycles. The molecule has 3 rings (SSSR count). The van der Waals surface area contributed by atoms with Crippen LogP contribution in [0.2, 0.25) is 10.0 Å². The van der Waals surface area contributed by atoms with E-state index in [0.29, 0.717) is 24.0 Å². The second kappa shape index (κ2) is 28.2. The van der Waals surface area contributed by atoms with Crippen molar-refractivity contribution in [1.82, 2.24) is 0 Å². The van der Waals surface area contributed by atoms with Gasteiger partial charge in [0.2, 0.25) is 0 Å². The largest absolute Gasteiger partial charge is 0.505 e. The summed E-state index contributed by atoms with van der Waals surface area (Å²) in [7, 11) is 1.24. The van der Waals surface area contributed by atoms with Crippen LogP contribution in [0.15, 0.2) is 58.7 Å². The number of hydrogen-bond donors (Lipinski definition) is 9. The van der Waals surface area contributed by atoms with E-state index >= 15 is 0 Å². The molecule has 2 fully saturated rings. The van der Waals surface area contributed by atoms with Crippen molar-refractivity contribution in [2.45, 2.75) is 193 Å². The van der Waals surface area contributed by atoms with Crippen molar-refractivity contribution in [2.24, 2.45) is 11.8 Å². The number of halogens is 2. The third kappa shape index (κ3) is 16.5. The maximum absolute atomic E-state index is 13.4. The number of hydrogen-bond acceptors (Lipinski definition) is 18. The normalized spacial score (nSPS) is 27.6. The zero-order valence-electron chi connectivity index (χ0n) is 44.4. The summed E-state index contributed by atoms with van der Waals surface area (Å²) in [6.45, 7) is 20.0. The van der Waals surface area contributed by atoms with Gasteiger partial charge in [0.1, 0.15) is 40.6 Å². The van der Waals surface area contributed by atoms with Gasteiger partial charge in [-0.2, -0.15) is 12.6 Å². The summed E-state index contributed by atoms with van der Waals surface area (Å²) in [6, 6.07) is 0. The molecular weight excluding hydrogens is 1030 g/mol. The van der Waals surface area contributed by atoms with E-state index in [1.807, 2.05) is 45.9 Å². The Morgan fingerprint density at radius 1 is 0.919 bits per heavy atom. The van der Waals surface area contributed by atoms with Crippen molar-refractivity contribution in [3.8, 4) is 11.5 Å². The first kappa shape index (κ1) is 64.7. The van der Waals surface area contributed by atoms with E-state index in [1.54, 1.807) is 54.5 Å². The van der Waals surface area contributed by atoms with Crippen LogP contribution >= 0.6 is 35.8 Å². The molecule has 0 aromatic heterocycles. The topological polar surface area (TPSA) is 278 Å². The molecule has 0 bridgehead atoms. The highest BCUT2D eigenvalue weighted by Gasteiger charge is 2.53. The van der Waals surface area contributed by atoms with Gasteiger partial charge in [0.25, 0.3) is 0 Å². The molecule has 0 spiro atoms. The van der Waals surface area contributed by atoms with Gasteiger partial charge >= 0.3 is 17.9 Å². The number of rotatable bonds is 24. The molecule has 0 amide bonds. The zero-order valence-corrected chi connectivity index (χ0v) is 46.9. The molecule has 18 nitrogen and oxygen atoms in total. The van der Waals surface area contributed by atoms with Crippen LogP contribution in [0.25, 0.3) is 0 Å². The summed E-state index contributed by atoms with van der Waals surface area (Å²) >= 11 is 16.8. The summed E-state index contributed by atoms with van der Waals surface area (Å²) in [4.78, 5) is 38.3. The van der Waals surface area contributed by atoms with Crippen molar-refractivity contribution in [2.75, 3.05) is 13.7 Å². The van der Waals surface area contributed by atoms with Gasteiger partial charge in [0.05, 0.1) is 47.5 Å². The number of thiol groups is 1. The summed E-state index contributed by atoms with van der Waals surface area (Å²) in [5, 5.41) is 85.6. The Hall–Kier alpha value is -3.54. The molecule has 2 aliphatic rings. The van der Waals surface area contributed by atoms with E-state index in [9.17, 15) is 55.2 Å². The van der Waals surface area contributed by atoms with Crippen molar-refractivity contribution in [3.05, 3.63) is 79.9 Å². The minimum absolute atomic E-state index is 0.0534. The Morgan fingerprint density at radius 3 is 2.11 bits per heavy atom. The fourth-order valence-corrected chi connectivity index (χ4v) is 8.94. The van der Waals surface area contributed by atoms with Crippen LogP contribution in [0.5, 0.6) is 11.5 Å². The number of phenols is 2. The van der Waals surface area contributed by atoms with Crippen molar-refractivity contribution < 1.29 is 88.4 Å². The van der Waals surface area contributed by atoms with Crippen molar-refractivity contribution >= 4 is 53.7 Å². The maximum atomic E-state index is 13.4. The first-order valence-electron chi connectivity index (χ1n) is 24.6. The highest BCUT2D eigenvalue weighted by Crippen LogP contribution is 2.45. The van der Waals surface area contributed by atoms with E-state index in [2.05, 4.69) is 12.6 Å². The molecule has 21 heteroatoms. The minimum Gasteiger partial charge on any atom is -0.505 e. The summed E-state index contributed by atoms with van der Waals surface area (Å²) < 4.78 is 40.4. The van der Waals surface area contributed by atoms with Crippen LogP contribution in [-0.2, 0) is 49.2 Å². The van der Waals surface area contributed by atoms with Gasteiger partial charge in [-0.05, 0) is 104 Å². The molecule has 8 N–H and O–H groups in total. The lowest BCUT2D eigenvalue weighted by Gasteiger charge is -2.47. The van der Waals surface area contributed by atoms with Crippen LogP contribution in [0.3, 0.4) is 0 Å². The number of aliphatic hydroxyl groups is 5. The lowest BCUT2D eigenvalue weighted by molar-refractivity contribution is -0.333. The number of allylic oxidation sites excluding steroid dienone is 5. The molecule has 74 heavy (non-hydrogen) atoms. The van der Waals surface area contributed by atoms with E-state index in [4.69, 9.17) is 56.4 Å². The van der Waals surface area contributed by atoms with Gasteiger partial charge in [-0.1, -0.05) is 86.9 Å². The van der Waals surface area contributed by atoms with Crippen molar-refractivity contribution in [3.63, 3.8) is 0 Å². The smallest absolute Gasteiger partial charge is 0.342 e. The van der Waals surface area contributed by atoms with Crippen molar-refractivity contribution in [1.29, 1.82) is 0 Å².